The van der Waals surface area contributed by atoms with Gasteiger partial charge in [0.15, 0.2) is 5.82 Å². The Balaban J connectivity index is 1.58. The Kier molecular flexibility index (Phi) is 6.20. The molecular weight excluding hydrogens is 416 g/mol. The monoisotopic (exact) mass is 438 g/mol. The Hall–Kier alpha value is -3.36. The van der Waals surface area contributed by atoms with Crippen molar-refractivity contribution in [3.8, 4) is 0 Å². The summed E-state index contributed by atoms with van der Waals surface area (Å²) >= 11 is 6.31. The Morgan fingerprint density at radius 3 is 2.87 bits per heavy atom. The molecule has 1 aromatic heterocycles. The van der Waals surface area contributed by atoms with E-state index in [2.05, 4.69) is 43.9 Å². The summed E-state index contributed by atoms with van der Waals surface area (Å²) in [5.41, 5.74) is 4.17. The van der Waals surface area contributed by atoms with E-state index in [-0.39, 0.29) is 5.91 Å². The summed E-state index contributed by atoms with van der Waals surface area (Å²) in [5, 5.41) is 9.32. The highest BCUT2D eigenvalue weighted by molar-refractivity contribution is 6.33. The lowest BCUT2D eigenvalue weighted by atomic mass is 10.1. The van der Waals surface area contributed by atoms with Crippen LogP contribution in [-0.2, 0) is 11.3 Å². The highest BCUT2D eigenvalue weighted by Crippen LogP contribution is 2.29. The quantitative estimate of drug-likeness (QED) is 0.555. The molecule has 0 spiro atoms. The second-order valence-corrected chi connectivity index (χ2v) is 7.49. The number of likely N-dealkylation sites (N-methyl/N-ethyl adjacent to an activating group) is 1. The molecule has 0 bridgehead atoms. The van der Waals surface area contributed by atoms with Gasteiger partial charge in [0.1, 0.15) is 5.02 Å². The number of hydrogen-bond acceptors (Lipinski definition) is 7. The Labute approximate surface area is 185 Å². The number of hydrogen-bond donors (Lipinski definition) is 3. The van der Waals surface area contributed by atoms with Gasteiger partial charge in [0, 0.05) is 37.6 Å². The van der Waals surface area contributed by atoms with Crippen LogP contribution in [0.3, 0.4) is 0 Å². The lowest BCUT2D eigenvalue weighted by molar-refractivity contribution is 0.0964. The fourth-order valence-corrected chi connectivity index (χ4v) is 3.49. The summed E-state index contributed by atoms with van der Waals surface area (Å²) in [6.45, 7) is 2.10. The SMILES string of the molecule is CNC(=O)c1ccccc1Nc1nc(Nc2ccc3c(c2)COCCN3C)ncc1Cl. The van der Waals surface area contributed by atoms with E-state index in [1.807, 2.05) is 18.2 Å². The molecule has 0 aliphatic carbocycles. The van der Waals surface area contributed by atoms with Gasteiger partial charge >= 0.3 is 0 Å². The third-order valence-corrected chi connectivity index (χ3v) is 5.25. The van der Waals surface area contributed by atoms with E-state index in [1.54, 1.807) is 25.2 Å². The van der Waals surface area contributed by atoms with E-state index in [0.29, 0.717) is 41.3 Å². The van der Waals surface area contributed by atoms with Crippen molar-refractivity contribution in [1.82, 2.24) is 15.3 Å². The molecule has 0 saturated carbocycles. The summed E-state index contributed by atoms with van der Waals surface area (Å²) in [6, 6.07) is 13.2. The molecule has 8 nitrogen and oxygen atoms in total. The average molecular weight is 439 g/mol. The minimum absolute atomic E-state index is 0.205. The molecule has 9 heteroatoms. The molecule has 3 N–H and O–H groups in total. The molecule has 0 atom stereocenters. The standard InChI is InChI=1S/C22H23ClN6O2/c1-24-21(30)16-5-3-4-6-18(16)27-20-17(23)12-25-22(28-20)26-15-7-8-19-14(11-15)13-31-10-9-29(19)2/h3-8,11-12H,9-10,13H2,1-2H3,(H,24,30)(H2,25,26,27,28). The van der Waals surface area contributed by atoms with E-state index in [1.165, 1.54) is 6.20 Å². The third-order valence-electron chi connectivity index (χ3n) is 4.97. The van der Waals surface area contributed by atoms with Crippen LogP contribution in [0, 0.1) is 0 Å². The lowest BCUT2D eigenvalue weighted by Crippen LogP contribution is -2.20. The molecule has 0 fully saturated rings. The van der Waals surface area contributed by atoms with Crippen LogP contribution in [0.4, 0.5) is 28.8 Å². The molecule has 1 aliphatic heterocycles. The van der Waals surface area contributed by atoms with Gasteiger partial charge in [-0.3, -0.25) is 4.79 Å². The number of ether oxygens (including phenoxy) is 1. The fraction of sp³-hybridized carbons (Fsp3) is 0.227. The summed E-state index contributed by atoms with van der Waals surface area (Å²) in [4.78, 5) is 23.1. The van der Waals surface area contributed by atoms with E-state index in [9.17, 15) is 4.79 Å². The number of halogens is 1. The van der Waals surface area contributed by atoms with Crippen molar-refractivity contribution < 1.29 is 9.53 Å². The maximum atomic E-state index is 12.1. The first-order valence-electron chi connectivity index (χ1n) is 9.84. The highest BCUT2D eigenvalue weighted by atomic mass is 35.5. The molecule has 2 aromatic carbocycles. The molecule has 4 rings (SSSR count). The average Bonchev–Trinajstić information content (AvgIpc) is 2.97. The normalized spacial score (nSPS) is 13.2. The van der Waals surface area contributed by atoms with Gasteiger partial charge in [0.2, 0.25) is 5.95 Å². The summed E-state index contributed by atoms with van der Waals surface area (Å²) in [5.74, 6) is 0.573. The molecule has 31 heavy (non-hydrogen) atoms. The van der Waals surface area contributed by atoms with Crippen molar-refractivity contribution in [3.05, 3.63) is 64.8 Å². The minimum atomic E-state index is -0.205. The molecule has 0 saturated heterocycles. The minimum Gasteiger partial charge on any atom is -0.375 e. The number of carbonyl (C=O) groups is 1. The Morgan fingerprint density at radius 1 is 1.19 bits per heavy atom. The third kappa shape index (κ3) is 4.70. The smallest absolute Gasteiger partial charge is 0.253 e. The fourth-order valence-electron chi connectivity index (χ4n) is 3.35. The van der Waals surface area contributed by atoms with E-state index in [4.69, 9.17) is 16.3 Å². The van der Waals surface area contributed by atoms with Crippen molar-refractivity contribution in [3.63, 3.8) is 0 Å². The second-order valence-electron chi connectivity index (χ2n) is 7.08. The summed E-state index contributed by atoms with van der Waals surface area (Å²) in [7, 11) is 3.64. The van der Waals surface area contributed by atoms with Crippen molar-refractivity contribution in [2.75, 3.05) is 42.8 Å². The van der Waals surface area contributed by atoms with Gasteiger partial charge in [-0.2, -0.15) is 4.98 Å². The zero-order valence-corrected chi connectivity index (χ0v) is 18.0. The van der Waals surface area contributed by atoms with Crippen LogP contribution in [0.1, 0.15) is 15.9 Å². The first-order valence-corrected chi connectivity index (χ1v) is 10.2. The van der Waals surface area contributed by atoms with Gasteiger partial charge in [0.25, 0.3) is 5.91 Å². The van der Waals surface area contributed by atoms with Gasteiger partial charge in [0.05, 0.1) is 30.7 Å². The number of para-hydroxylation sites is 1. The summed E-state index contributed by atoms with van der Waals surface area (Å²) < 4.78 is 5.68. The summed E-state index contributed by atoms with van der Waals surface area (Å²) in [6.07, 6.45) is 1.52. The van der Waals surface area contributed by atoms with Gasteiger partial charge in [-0.25, -0.2) is 4.98 Å². The number of carbonyl (C=O) groups excluding carboxylic acids is 1. The molecule has 3 aromatic rings. The molecular formula is C22H23ClN6O2. The zero-order valence-electron chi connectivity index (χ0n) is 17.3. The van der Waals surface area contributed by atoms with E-state index in [0.717, 1.165) is 23.5 Å². The Bertz CT molecular complexity index is 1110. The van der Waals surface area contributed by atoms with Crippen molar-refractivity contribution in [2.45, 2.75) is 6.61 Å². The van der Waals surface area contributed by atoms with Gasteiger partial charge in [-0.05, 0) is 30.3 Å². The number of rotatable bonds is 5. The predicted molar refractivity (Wildman–Crippen MR) is 123 cm³/mol. The topological polar surface area (TPSA) is 91.4 Å². The van der Waals surface area contributed by atoms with Crippen LogP contribution in [0.5, 0.6) is 0 Å². The number of aromatic nitrogens is 2. The predicted octanol–water partition coefficient (Wildman–Crippen LogP) is 3.94. The lowest BCUT2D eigenvalue weighted by Gasteiger charge is -2.19. The number of anilines is 5. The van der Waals surface area contributed by atoms with Crippen molar-refractivity contribution in [1.29, 1.82) is 0 Å². The maximum absolute atomic E-state index is 12.1. The van der Waals surface area contributed by atoms with Crippen LogP contribution >= 0.6 is 11.6 Å². The number of nitrogens with zero attached hydrogens (tertiary/aromatic N) is 3. The first kappa shape index (κ1) is 20.9. The van der Waals surface area contributed by atoms with Crippen molar-refractivity contribution >= 4 is 46.3 Å². The first-order chi connectivity index (χ1) is 15.0. The van der Waals surface area contributed by atoms with Gasteiger partial charge in [-0.1, -0.05) is 23.7 Å². The molecule has 1 aliphatic rings. The number of benzene rings is 2. The molecule has 1 amide bonds. The van der Waals surface area contributed by atoms with Crippen LogP contribution in [-0.4, -0.2) is 43.1 Å². The van der Waals surface area contributed by atoms with Gasteiger partial charge < -0.3 is 25.6 Å². The molecule has 0 radical (unpaired) electrons. The van der Waals surface area contributed by atoms with Gasteiger partial charge in [-0.15, -0.1) is 0 Å². The van der Waals surface area contributed by atoms with E-state index >= 15 is 0 Å². The molecule has 160 valence electrons. The van der Waals surface area contributed by atoms with Crippen molar-refractivity contribution in [2.24, 2.45) is 0 Å². The Morgan fingerprint density at radius 2 is 2.03 bits per heavy atom. The number of fused-ring (bicyclic) bond motifs is 1. The van der Waals surface area contributed by atoms with Crippen LogP contribution in [0.25, 0.3) is 0 Å². The second kappa shape index (κ2) is 9.20. The highest BCUT2D eigenvalue weighted by Gasteiger charge is 2.15. The van der Waals surface area contributed by atoms with Crippen LogP contribution < -0.4 is 20.9 Å². The zero-order chi connectivity index (χ0) is 21.8. The molecule has 0 unspecified atom stereocenters. The number of amides is 1. The number of nitrogens with one attached hydrogen (secondary N) is 3. The van der Waals surface area contributed by atoms with E-state index < -0.39 is 0 Å². The molecule has 2 heterocycles. The van der Waals surface area contributed by atoms with Crippen LogP contribution in [0.2, 0.25) is 5.02 Å². The largest absolute Gasteiger partial charge is 0.375 e. The van der Waals surface area contributed by atoms with Crippen LogP contribution in [0.15, 0.2) is 48.7 Å². The maximum Gasteiger partial charge on any atom is 0.253 e.